The Labute approximate surface area is 186 Å². The Kier molecular flexibility index (Phi) is 3.67. The molecule has 0 N–H and O–H groups in total. The van der Waals surface area contributed by atoms with Gasteiger partial charge in [-0.15, -0.1) is 0 Å². The van der Waals surface area contributed by atoms with Gasteiger partial charge in [-0.3, -0.25) is 9.59 Å². The van der Waals surface area contributed by atoms with Crippen LogP contribution in [0.3, 0.4) is 0 Å². The molecule has 6 heteroatoms. The third kappa shape index (κ3) is 2.18. The van der Waals surface area contributed by atoms with Gasteiger partial charge in [-0.05, 0) is 39.9 Å². The number of hydrogen-bond donors (Lipinski definition) is 0. The number of imide groups is 1. The first-order valence-corrected chi connectivity index (χ1v) is 10.8. The third-order valence-corrected chi connectivity index (χ3v) is 8.20. The molecule has 1 fully saturated rings. The highest BCUT2D eigenvalue weighted by molar-refractivity contribution is 9.09. The van der Waals surface area contributed by atoms with E-state index >= 15 is 0 Å². The molecule has 4 aliphatic rings. The minimum atomic E-state index is -1.35. The Balaban J connectivity index is 1.58. The lowest BCUT2D eigenvalue weighted by Crippen LogP contribution is -2.50. The van der Waals surface area contributed by atoms with Crippen molar-refractivity contribution < 1.29 is 19.5 Å². The number of carboxylic acids is 1. The van der Waals surface area contributed by atoms with E-state index < -0.39 is 22.1 Å². The molecule has 2 bridgehead atoms. The second-order valence-corrected chi connectivity index (χ2v) is 9.47. The average molecular weight is 473 g/mol. The van der Waals surface area contributed by atoms with Crippen LogP contribution in [-0.4, -0.2) is 17.8 Å². The van der Waals surface area contributed by atoms with Crippen LogP contribution in [0.5, 0.6) is 0 Å². The second-order valence-electron chi connectivity index (χ2n) is 8.22. The minimum Gasteiger partial charge on any atom is -0.545 e. The van der Waals surface area contributed by atoms with Crippen molar-refractivity contribution in [1.82, 2.24) is 0 Å². The van der Waals surface area contributed by atoms with Crippen LogP contribution in [0.15, 0.2) is 72.8 Å². The quantitative estimate of drug-likeness (QED) is 0.424. The van der Waals surface area contributed by atoms with E-state index in [4.69, 9.17) is 0 Å². The van der Waals surface area contributed by atoms with E-state index in [1.807, 2.05) is 48.5 Å². The number of nitrogens with zero attached hydrogens (tertiary/aromatic N) is 1. The summed E-state index contributed by atoms with van der Waals surface area (Å²) in [6, 6.07) is 21.7. The number of halogens is 1. The van der Waals surface area contributed by atoms with Crippen molar-refractivity contribution >= 4 is 39.4 Å². The van der Waals surface area contributed by atoms with Crippen molar-refractivity contribution in [3.05, 3.63) is 101 Å². The first-order valence-electron chi connectivity index (χ1n) is 10.0. The molecular formula is C25H15BrNO4-. The van der Waals surface area contributed by atoms with Crippen LogP contribution < -0.4 is 10.0 Å². The Hall–Kier alpha value is -3.25. The summed E-state index contributed by atoms with van der Waals surface area (Å²) in [6.45, 7) is 0. The number of rotatable bonds is 2. The fourth-order valence-electron chi connectivity index (χ4n) is 5.71. The molecule has 7 rings (SSSR count). The van der Waals surface area contributed by atoms with E-state index in [0.717, 1.165) is 27.2 Å². The average Bonchev–Trinajstić information content (AvgIpc) is 3.06. The van der Waals surface area contributed by atoms with Crippen molar-refractivity contribution in [2.45, 2.75) is 10.2 Å². The van der Waals surface area contributed by atoms with Crippen molar-refractivity contribution in [3.8, 4) is 0 Å². The molecule has 0 unspecified atom stereocenters. The van der Waals surface area contributed by atoms with Gasteiger partial charge in [0.05, 0.1) is 27.8 Å². The molecule has 0 saturated carbocycles. The summed E-state index contributed by atoms with van der Waals surface area (Å²) < 4.78 is -0.826. The molecule has 3 aromatic rings. The number of carboxylic acid groups (broad SMARTS) is 1. The monoisotopic (exact) mass is 472 g/mol. The number of alkyl halides is 1. The topological polar surface area (TPSA) is 77.5 Å². The van der Waals surface area contributed by atoms with Crippen LogP contribution in [-0.2, 0) is 13.9 Å². The number of carbonyl (C=O) groups is 3. The van der Waals surface area contributed by atoms with Crippen molar-refractivity contribution in [2.75, 3.05) is 4.90 Å². The van der Waals surface area contributed by atoms with Gasteiger partial charge in [0.2, 0.25) is 11.8 Å². The zero-order valence-corrected chi connectivity index (χ0v) is 17.7. The summed E-state index contributed by atoms with van der Waals surface area (Å²) in [5.74, 6) is -3.40. The third-order valence-electron chi connectivity index (χ3n) is 6.85. The van der Waals surface area contributed by atoms with Gasteiger partial charge in [-0.2, -0.15) is 0 Å². The summed E-state index contributed by atoms with van der Waals surface area (Å²) in [7, 11) is 0. The molecule has 1 aliphatic heterocycles. The van der Waals surface area contributed by atoms with Crippen LogP contribution in [0.25, 0.3) is 0 Å². The van der Waals surface area contributed by atoms with Gasteiger partial charge in [0.25, 0.3) is 0 Å². The highest BCUT2D eigenvalue weighted by atomic mass is 79.9. The van der Waals surface area contributed by atoms with E-state index in [0.29, 0.717) is 0 Å². The molecule has 0 aromatic heterocycles. The van der Waals surface area contributed by atoms with E-state index in [9.17, 15) is 19.5 Å². The lowest BCUT2D eigenvalue weighted by Gasteiger charge is -2.51. The number of carbonyl (C=O) groups excluding carboxylic acids is 3. The molecule has 1 saturated heterocycles. The Morgan fingerprint density at radius 2 is 1.48 bits per heavy atom. The Morgan fingerprint density at radius 1 is 0.871 bits per heavy atom. The summed E-state index contributed by atoms with van der Waals surface area (Å²) in [5.41, 5.74) is 4.29. The molecule has 3 aliphatic carbocycles. The maximum absolute atomic E-state index is 13.8. The van der Waals surface area contributed by atoms with Gasteiger partial charge in [-0.1, -0.05) is 76.6 Å². The van der Waals surface area contributed by atoms with Gasteiger partial charge in [0, 0.05) is 5.92 Å². The number of anilines is 1. The van der Waals surface area contributed by atoms with Crippen LogP contribution in [0, 0.1) is 11.8 Å². The molecule has 31 heavy (non-hydrogen) atoms. The smallest absolute Gasteiger partial charge is 0.239 e. The molecular weight excluding hydrogens is 458 g/mol. The minimum absolute atomic E-state index is 0.0731. The first kappa shape index (κ1) is 18.5. The van der Waals surface area contributed by atoms with Gasteiger partial charge in [0.15, 0.2) is 0 Å². The van der Waals surface area contributed by atoms with E-state index in [1.54, 1.807) is 6.07 Å². The summed E-state index contributed by atoms with van der Waals surface area (Å²) in [4.78, 5) is 40.0. The second kappa shape index (κ2) is 6.14. The molecule has 152 valence electrons. The highest BCUT2D eigenvalue weighted by Gasteiger charge is 2.67. The van der Waals surface area contributed by atoms with Gasteiger partial charge < -0.3 is 9.90 Å². The molecule has 0 spiro atoms. The maximum atomic E-state index is 13.8. The molecule has 5 nitrogen and oxygen atoms in total. The Morgan fingerprint density at radius 3 is 2.10 bits per heavy atom. The van der Waals surface area contributed by atoms with E-state index in [1.165, 1.54) is 18.2 Å². The number of benzene rings is 3. The van der Waals surface area contributed by atoms with Crippen LogP contribution >= 0.6 is 15.9 Å². The van der Waals surface area contributed by atoms with Crippen LogP contribution in [0.1, 0.15) is 38.5 Å². The molecule has 2 amide bonds. The first-order chi connectivity index (χ1) is 14.9. The molecule has 3 aromatic carbocycles. The van der Waals surface area contributed by atoms with Crippen molar-refractivity contribution in [3.63, 3.8) is 0 Å². The maximum Gasteiger partial charge on any atom is 0.239 e. The summed E-state index contributed by atoms with van der Waals surface area (Å²) in [5, 5.41) is 11.3. The number of amides is 2. The van der Waals surface area contributed by atoms with E-state index in [2.05, 4.69) is 15.9 Å². The Bertz CT molecular complexity index is 1270. The van der Waals surface area contributed by atoms with Gasteiger partial charge in [0.1, 0.15) is 0 Å². The fourth-order valence-corrected chi connectivity index (χ4v) is 6.91. The van der Waals surface area contributed by atoms with Crippen molar-refractivity contribution in [1.29, 1.82) is 0 Å². The molecule has 1 heterocycles. The fraction of sp³-hybridized carbons (Fsp3) is 0.160. The van der Waals surface area contributed by atoms with Gasteiger partial charge in [-0.25, -0.2) is 4.90 Å². The summed E-state index contributed by atoms with van der Waals surface area (Å²) >= 11 is 3.94. The SMILES string of the molecule is O=C([O-])c1cccc(N2C(=O)[C@@H]3C4c5ccccc5C(Br)(c5ccccc54)[C@@H]3C2=O)c1. The highest BCUT2D eigenvalue weighted by Crippen LogP contribution is 2.66. The standard InChI is InChI=1S/C25H16BrNO4/c26-25-17-10-3-1-8-15(17)19(16-9-2-4-11-18(16)25)20-21(25)23(29)27(22(20)28)14-7-5-6-13(12-14)24(30)31/h1-12,19-21H,(H,30,31)/p-1/t19?,20-,21+,25?/m1/s1. The predicted octanol–water partition coefficient (Wildman–Crippen LogP) is 2.95. The van der Waals surface area contributed by atoms with Crippen LogP contribution in [0.4, 0.5) is 5.69 Å². The molecule has 2 atom stereocenters. The van der Waals surface area contributed by atoms with Crippen LogP contribution in [0.2, 0.25) is 0 Å². The lowest BCUT2D eigenvalue weighted by molar-refractivity contribution is -0.255. The number of aromatic carboxylic acids is 1. The zero-order valence-electron chi connectivity index (χ0n) is 16.1. The largest absolute Gasteiger partial charge is 0.545 e. The zero-order chi connectivity index (χ0) is 21.5. The van der Waals surface area contributed by atoms with Gasteiger partial charge >= 0.3 is 0 Å². The van der Waals surface area contributed by atoms with Crippen molar-refractivity contribution in [2.24, 2.45) is 11.8 Å². The summed E-state index contributed by atoms with van der Waals surface area (Å²) in [6.07, 6.45) is 0. The lowest BCUT2D eigenvalue weighted by atomic mass is 9.55. The normalized spacial score (nSPS) is 27.6. The van der Waals surface area contributed by atoms with E-state index in [-0.39, 0.29) is 29.0 Å². The predicted molar refractivity (Wildman–Crippen MR) is 115 cm³/mol. The molecule has 0 radical (unpaired) electrons. The number of hydrogen-bond acceptors (Lipinski definition) is 4.